The average molecular weight is 2510 g/mol. The van der Waals surface area contributed by atoms with E-state index in [2.05, 4.69) is 349 Å². The Morgan fingerprint density at radius 3 is 1.16 bits per heavy atom. The maximum atomic E-state index is 4.58. The minimum atomic E-state index is -2.12. The first kappa shape index (κ1) is 91.0. The fourth-order valence-electron chi connectivity index (χ4n) is 12.0. The number of thiophene rings is 1. The molecule has 15 aromatic rings. The second-order valence-electron chi connectivity index (χ2n) is 24.4. The van der Waals surface area contributed by atoms with Crippen LogP contribution >= 0.6 is 56.3 Å². The monoisotopic (exact) mass is 2510 g/mol. The van der Waals surface area contributed by atoms with Crippen molar-refractivity contribution >= 4 is 82.9 Å². The summed E-state index contributed by atoms with van der Waals surface area (Å²) in [6.07, 6.45) is 31.8. The zero-order valence-electron chi connectivity index (χ0n) is 61.3. The predicted octanol–water partition coefficient (Wildman–Crippen LogP) is 16.4. The van der Waals surface area contributed by atoms with Crippen LogP contribution in [0.15, 0.2) is 354 Å². The van der Waals surface area contributed by atoms with Crippen molar-refractivity contribution in [2.24, 2.45) is 0 Å². The normalized spacial score (nSPS) is 12.2. The second kappa shape index (κ2) is 49.4. The summed E-state index contributed by atoms with van der Waals surface area (Å²) in [5.41, 5.74) is 8.24. The Hall–Kier alpha value is -7.52. The van der Waals surface area contributed by atoms with Crippen LogP contribution in [0.2, 0.25) is 0 Å². The molecule has 18 rings (SSSR count). The van der Waals surface area contributed by atoms with Gasteiger partial charge in [-0.05, 0) is 145 Å². The molecular formula is C85H81Au2Cl2N17OsP2Pt2S2-. The van der Waals surface area contributed by atoms with Crippen LogP contribution in [0.5, 0.6) is 0 Å². The number of benzene rings is 7. The van der Waals surface area contributed by atoms with Gasteiger partial charge in [0.25, 0.3) is 0 Å². The number of aromatic nitrogens is 13. The number of hydrogen-bond acceptors (Lipinski definition) is 13. The molecule has 0 spiro atoms. The summed E-state index contributed by atoms with van der Waals surface area (Å²) in [6.45, 7) is 16.2. The number of nitrogens with zero attached hydrogens (tertiary/aromatic N) is 17. The van der Waals surface area contributed by atoms with E-state index in [1.54, 1.807) is 101 Å². The van der Waals surface area contributed by atoms with Crippen LogP contribution in [0.25, 0.3) is 11.4 Å². The second-order valence-corrected chi connectivity index (χ2v) is 33.1. The molecule has 0 saturated carbocycles. The van der Waals surface area contributed by atoms with Crippen molar-refractivity contribution in [2.75, 3.05) is 6.16 Å². The molecular weight excluding hydrogens is 2430 g/mol. The molecule has 0 amide bonds. The van der Waals surface area contributed by atoms with Gasteiger partial charge in [-0.2, -0.15) is 55.6 Å². The van der Waals surface area contributed by atoms with Gasteiger partial charge in [-0.1, -0.05) is 207 Å². The van der Waals surface area contributed by atoms with Gasteiger partial charge in [-0.15, -0.1) is 9.75 Å². The van der Waals surface area contributed by atoms with E-state index in [0.717, 1.165) is 56.0 Å². The third-order valence-corrected chi connectivity index (χ3v) is 25.6. The smallest absolute Gasteiger partial charge is 0.574 e. The van der Waals surface area contributed by atoms with Crippen LogP contribution in [0.4, 0.5) is 0 Å². The summed E-state index contributed by atoms with van der Waals surface area (Å²) in [5, 5.41) is 32.4. The van der Waals surface area contributed by atoms with Gasteiger partial charge in [0.15, 0.2) is 10.8 Å². The van der Waals surface area contributed by atoms with Gasteiger partial charge in [-0.3, -0.25) is 16.3 Å². The minimum Gasteiger partial charge on any atom is -0.574 e. The van der Waals surface area contributed by atoms with E-state index in [9.17, 15) is 0 Å². The molecule has 0 atom stereocenters. The van der Waals surface area contributed by atoms with E-state index in [1.807, 2.05) is 95.7 Å². The van der Waals surface area contributed by atoms with E-state index < -0.39 is 26.6 Å². The van der Waals surface area contributed by atoms with Crippen molar-refractivity contribution in [1.82, 2.24) is 81.5 Å². The van der Waals surface area contributed by atoms with Crippen molar-refractivity contribution in [2.45, 2.75) is 46.4 Å². The average Bonchev–Trinajstić information content (AvgIpc) is 1.52. The third-order valence-electron chi connectivity index (χ3n) is 16.8. The number of aryl methyl sites for hydroxylation is 2. The molecule has 17 nitrogen and oxygen atoms in total. The van der Waals surface area contributed by atoms with Crippen LogP contribution in [-0.4, -0.2) is 82.6 Å². The van der Waals surface area contributed by atoms with Crippen LogP contribution < -0.4 is 31.6 Å². The quantitative estimate of drug-likeness (QED) is 0.0613. The third kappa shape index (κ3) is 26.5. The standard InChI is InChI=1S/C22H22N4.C18H15P.C14H14P.C12H12N8S.C11H11N2S.C8H6N3.2Au.2ClH.Os.2Pt/c1-3-19-11-20(4-1)14-24-8-10-26(18-24)16-22-6-2-5-21(12-22)15-25-9-7-23(13-19)17-25;1-4-10-16(11-5-1)19(17-12-6-2-7-13-17)18-14-8-3-9-15-18;1-2-15(13-9-5-3-6-10-13)14-11-7-4-8-12-14;1-5-13-17(9-1)21(18-10-2-6-14-18,19-11-3-7-15-19)20-12-4-8-16-20;1-8-6-10(9(2)14-8)7-11-12-4-3-5-13-11;1-2-5-9-7(3-1)8-4-6-10-11-8;;;;;;;/h1-12,17-18H,13-16H2;1-15H;3-12H,1-2H2;1-12H;3-5H,7H2,1-2H3;1-6H;;;2*1H;;;/q-2;;-1;;2*-1;2*+1;;;+1;;+2/p-1. The molecule has 1 radical (unpaired) electrons. The number of fused-ring (bicyclic) bond motifs is 8. The largest absolute Gasteiger partial charge is 2.00 e. The van der Waals surface area contributed by atoms with Gasteiger partial charge in [0.05, 0.1) is 35.4 Å². The molecule has 0 N–H and O–H groups in total. The molecule has 0 unspecified atom stereocenters. The van der Waals surface area contributed by atoms with Gasteiger partial charge in [0, 0.05) is 117 Å². The molecule has 7 aromatic carbocycles. The Labute approximate surface area is 745 Å². The maximum absolute atomic E-state index is 4.58. The Bertz CT molecular complexity index is 4670. The molecule has 113 heavy (non-hydrogen) atoms. The molecule has 8 bridgehead atoms. The molecule has 3 aliphatic heterocycles. The molecule has 0 saturated heterocycles. The maximum Gasteiger partial charge on any atom is 2.00 e. The molecule has 3 aliphatic rings. The summed E-state index contributed by atoms with van der Waals surface area (Å²) in [4.78, 5) is 24.1. The first-order valence-electron chi connectivity index (χ1n) is 34.9. The molecule has 11 heterocycles. The van der Waals surface area contributed by atoms with Crippen molar-refractivity contribution in [1.29, 1.82) is 0 Å². The fraction of sp³-hybridized carbons (Fsp3) is 0.0941. The predicted molar refractivity (Wildman–Crippen MR) is 446 cm³/mol. The summed E-state index contributed by atoms with van der Waals surface area (Å²) in [5.74, 6) is 0.865. The van der Waals surface area contributed by atoms with Gasteiger partial charge >= 0.3 is 99.2 Å². The van der Waals surface area contributed by atoms with Crippen molar-refractivity contribution in [3.8, 4) is 11.4 Å². The summed E-state index contributed by atoms with van der Waals surface area (Å²) in [6, 6.07) is 91.7. The summed E-state index contributed by atoms with van der Waals surface area (Å²) in [7, 11) is 5.95. The molecule has 28 heteroatoms. The van der Waals surface area contributed by atoms with Gasteiger partial charge < -0.3 is 36.7 Å². The summed E-state index contributed by atoms with van der Waals surface area (Å²) < 4.78 is 7.33. The fourth-order valence-corrected chi connectivity index (χ4v) is 20.0. The Morgan fingerprint density at radius 2 is 0.841 bits per heavy atom. The molecule has 0 fully saturated rings. The van der Waals surface area contributed by atoms with Crippen LogP contribution in [0.3, 0.4) is 0 Å². The number of pyridine rings is 1. The first-order chi connectivity index (χ1) is 54.3. The molecule has 0 aliphatic carbocycles. The zero-order valence-corrected chi connectivity index (χ0v) is 77.8. The van der Waals surface area contributed by atoms with Crippen LogP contribution in [-0.2, 0) is 134 Å². The zero-order chi connectivity index (χ0) is 76.4. The van der Waals surface area contributed by atoms with Crippen molar-refractivity contribution in [3.63, 3.8) is 0 Å². The van der Waals surface area contributed by atoms with Crippen LogP contribution in [0, 0.1) is 40.2 Å². The first-order valence-corrected chi connectivity index (χ1v) is 45.6. The van der Waals surface area contributed by atoms with Crippen molar-refractivity contribution < 1.29 is 102 Å². The topological polar surface area (TPSA) is 150 Å². The van der Waals surface area contributed by atoms with E-state index in [0.29, 0.717) is 0 Å². The number of hydrogen-bond donors (Lipinski definition) is 0. The van der Waals surface area contributed by atoms with Gasteiger partial charge in [0.2, 0.25) is 0 Å². The minimum absolute atomic E-state index is 0. The SMILES string of the molecule is C1=CN2[CH-]N1Cc1cccc(c1)CN1C=CN([CH-]1)Cc1cccc(c1)C2.Cc1[c-]c(Cc2ncccn2)c(C)s1.[CH2-]C[PH+](c1ccccc1)c1ccccc1.[Cl][Au].[Cl][Au].[Os+].[Pt+2].[Pt].c1ccc(-c2ccn[n-]2)nc1.c1ccc(P(c2ccccc2)c2ccccc2)cc1.c1cnn(S(n2cccn2)(n2cccn2)n2cccn2)c1. The molecule has 8 aromatic heterocycles. The van der Waals surface area contributed by atoms with Crippen LogP contribution in [0.1, 0.15) is 43.4 Å². The Morgan fingerprint density at radius 1 is 0.469 bits per heavy atom. The summed E-state index contributed by atoms with van der Waals surface area (Å²) >= 11 is 5.28. The number of rotatable bonds is 13. The Kier molecular flexibility index (Phi) is 39.8. The van der Waals surface area contributed by atoms with E-state index in [4.69, 9.17) is 0 Å². The van der Waals surface area contributed by atoms with Crippen molar-refractivity contribution in [3.05, 3.63) is 424 Å². The molecule has 593 valence electrons. The van der Waals surface area contributed by atoms with E-state index in [1.165, 1.54) is 64.1 Å². The van der Waals surface area contributed by atoms with Gasteiger partial charge in [0.1, 0.15) is 5.82 Å². The van der Waals surface area contributed by atoms with Gasteiger partial charge in [-0.25, -0.2) is 16.0 Å². The number of halogens is 2. The Balaban J connectivity index is 0.000000171. The van der Waals surface area contributed by atoms with E-state index >= 15 is 0 Å². The van der Waals surface area contributed by atoms with E-state index in [-0.39, 0.29) is 61.9 Å².